The number of carbonyl (C=O) groups excluding carboxylic acids is 1. The highest BCUT2D eigenvalue weighted by Gasteiger charge is 2.35. The predicted octanol–water partition coefficient (Wildman–Crippen LogP) is 11.3. The molecule has 1 aromatic heterocycles. The van der Waals surface area contributed by atoms with E-state index in [-0.39, 0.29) is 5.60 Å². The van der Waals surface area contributed by atoms with E-state index in [1.54, 1.807) is 12.3 Å². The third-order valence-corrected chi connectivity index (χ3v) is 10.2. The van der Waals surface area contributed by atoms with E-state index in [0.29, 0.717) is 17.3 Å². The molecule has 4 nitrogen and oxygen atoms in total. The highest BCUT2D eigenvalue weighted by molar-refractivity contribution is 6.17. The number of aromatic nitrogens is 1. The maximum Gasteiger partial charge on any atom is 0.362 e. The quantitative estimate of drug-likeness (QED) is 0.0715. The number of hydrogen-bond acceptors (Lipinski definition) is 4. The summed E-state index contributed by atoms with van der Waals surface area (Å²) in [6, 6.07) is 3.72. The highest BCUT2D eigenvalue weighted by Crippen LogP contribution is 2.45. The van der Waals surface area contributed by atoms with Crippen molar-refractivity contribution in [1.82, 2.24) is 4.98 Å². The molecular formula is C39H60ClNO3. The average molecular weight is 626 g/mol. The Kier molecular flexibility index (Phi) is 14.5. The van der Waals surface area contributed by atoms with Crippen molar-refractivity contribution >= 4 is 17.6 Å². The van der Waals surface area contributed by atoms with E-state index < -0.39 is 5.97 Å². The number of fused-ring (bicyclic) bond motifs is 1. The maximum absolute atomic E-state index is 13.1. The molecule has 1 aliphatic heterocycles. The molecule has 2 aromatic rings. The van der Waals surface area contributed by atoms with Crippen molar-refractivity contribution in [3.63, 3.8) is 0 Å². The van der Waals surface area contributed by atoms with Gasteiger partial charge >= 0.3 is 5.97 Å². The van der Waals surface area contributed by atoms with Gasteiger partial charge in [-0.2, -0.15) is 0 Å². The van der Waals surface area contributed by atoms with Crippen molar-refractivity contribution in [2.45, 2.75) is 151 Å². The van der Waals surface area contributed by atoms with Crippen LogP contribution in [-0.4, -0.2) is 22.4 Å². The van der Waals surface area contributed by atoms with Crippen LogP contribution >= 0.6 is 11.6 Å². The number of pyridine rings is 1. The van der Waals surface area contributed by atoms with Gasteiger partial charge in [0.2, 0.25) is 0 Å². The van der Waals surface area contributed by atoms with Gasteiger partial charge in [0, 0.05) is 17.6 Å². The summed E-state index contributed by atoms with van der Waals surface area (Å²) in [7, 11) is 0. The molecule has 0 aliphatic carbocycles. The van der Waals surface area contributed by atoms with Gasteiger partial charge in [0.25, 0.3) is 0 Å². The summed E-state index contributed by atoms with van der Waals surface area (Å²) in [6.07, 6.45) is 18.3. The largest absolute Gasteiger partial charge is 0.487 e. The Balaban J connectivity index is 1.53. The Morgan fingerprint density at radius 1 is 0.909 bits per heavy atom. The lowest BCUT2D eigenvalue weighted by Gasteiger charge is -2.38. The summed E-state index contributed by atoms with van der Waals surface area (Å²) < 4.78 is 12.8. The third-order valence-electron chi connectivity index (χ3n) is 9.92. The van der Waals surface area contributed by atoms with Gasteiger partial charge < -0.3 is 9.47 Å². The van der Waals surface area contributed by atoms with Crippen molar-refractivity contribution in [3.05, 3.63) is 51.8 Å². The topological polar surface area (TPSA) is 48.4 Å². The molecule has 0 amide bonds. The summed E-state index contributed by atoms with van der Waals surface area (Å²) >= 11 is 5.79. The fraction of sp³-hybridized carbons (Fsp3) is 0.692. The van der Waals surface area contributed by atoms with E-state index in [2.05, 4.69) is 53.5 Å². The number of esters is 1. The Morgan fingerprint density at radius 2 is 1.57 bits per heavy atom. The Morgan fingerprint density at radius 3 is 2.18 bits per heavy atom. The number of alkyl halides is 1. The Bertz CT molecular complexity index is 1190. The fourth-order valence-electron chi connectivity index (χ4n) is 6.67. The first-order valence-electron chi connectivity index (χ1n) is 17.5. The Labute approximate surface area is 274 Å². The van der Waals surface area contributed by atoms with Crippen molar-refractivity contribution in [2.75, 3.05) is 5.88 Å². The lowest BCUT2D eigenvalue weighted by Crippen LogP contribution is -2.37. The van der Waals surface area contributed by atoms with Gasteiger partial charge in [0.1, 0.15) is 22.8 Å². The zero-order chi connectivity index (χ0) is 32.3. The fourth-order valence-corrected chi connectivity index (χ4v) is 6.86. The summed E-state index contributed by atoms with van der Waals surface area (Å²) in [5, 5.41) is 0. The number of ether oxygens (including phenoxy) is 2. The van der Waals surface area contributed by atoms with Gasteiger partial charge in [0.05, 0.1) is 0 Å². The smallest absolute Gasteiger partial charge is 0.362 e. The maximum atomic E-state index is 13.1. The molecule has 0 bridgehead atoms. The molecule has 0 fully saturated rings. The third kappa shape index (κ3) is 10.8. The zero-order valence-corrected chi connectivity index (χ0v) is 29.9. The van der Waals surface area contributed by atoms with E-state index in [9.17, 15) is 4.79 Å². The van der Waals surface area contributed by atoms with Gasteiger partial charge in [-0.1, -0.05) is 78.7 Å². The first-order chi connectivity index (χ1) is 20.9. The van der Waals surface area contributed by atoms with Crippen molar-refractivity contribution in [1.29, 1.82) is 0 Å². The predicted molar refractivity (Wildman–Crippen MR) is 186 cm³/mol. The van der Waals surface area contributed by atoms with Crippen LogP contribution in [0.2, 0.25) is 0 Å². The molecule has 0 spiro atoms. The molecular weight excluding hydrogens is 566 g/mol. The molecule has 3 atom stereocenters. The molecule has 1 aromatic carbocycles. The van der Waals surface area contributed by atoms with Gasteiger partial charge in [-0.05, 0) is 119 Å². The minimum absolute atomic E-state index is 0.158. The van der Waals surface area contributed by atoms with Crippen LogP contribution in [0.5, 0.6) is 11.5 Å². The molecule has 0 N–H and O–H groups in total. The molecule has 246 valence electrons. The Hall–Kier alpha value is -2.07. The van der Waals surface area contributed by atoms with Crippen molar-refractivity contribution in [2.24, 2.45) is 17.8 Å². The lowest BCUT2D eigenvalue weighted by atomic mass is 9.83. The van der Waals surface area contributed by atoms with Crippen LogP contribution < -0.4 is 9.47 Å². The second kappa shape index (κ2) is 17.6. The van der Waals surface area contributed by atoms with E-state index in [1.165, 1.54) is 56.9 Å². The van der Waals surface area contributed by atoms with Crippen molar-refractivity contribution in [3.8, 4) is 11.5 Å². The van der Waals surface area contributed by atoms with Gasteiger partial charge in [-0.25, -0.2) is 9.78 Å². The second-order valence-electron chi connectivity index (χ2n) is 14.5. The van der Waals surface area contributed by atoms with Gasteiger partial charge in [-0.15, -0.1) is 11.6 Å². The molecule has 0 radical (unpaired) electrons. The molecule has 2 heterocycles. The average Bonchev–Trinajstić information content (AvgIpc) is 2.98. The van der Waals surface area contributed by atoms with Crippen LogP contribution in [0, 0.1) is 38.5 Å². The standard InChI is InChI=1S/C39H60ClNO3/c1-27(2)14-11-15-28(3)16-12-17-29(4)18-13-23-39(8)24-22-34-32(7)36(30(5)31(6)37(34)44-39)43-38(42)35-21-20-33(26-41-35)19-9-10-25-40/h20-21,26-29H,9-19,22-25H2,1-8H3/t28-,29-,39-/m1/s1. The number of hydrogen-bond donors (Lipinski definition) is 0. The van der Waals surface area contributed by atoms with Gasteiger partial charge in [0.15, 0.2) is 0 Å². The molecule has 0 saturated heterocycles. The summed E-state index contributed by atoms with van der Waals surface area (Å²) in [4.78, 5) is 17.5. The monoisotopic (exact) mass is 625 g/mol. The summed E-state index contributed by atoms with van der Waals surface area (Å²) in [5.41, 5.74) is 5.48. The number of carbonyl (C=O) groups is 1. The highest BCUT2D eigenvalue weighted by atomic mass is 35.5. The van der Waals surface area contributed by atoms with E-state index >= 15 is 0 Å². The lowest BCUT2D eigenvalue weighted by molar-refractivity contribution is 0.0508. The van der Waals surface area contributed by atoms with Crippen LogP contribution in [0.25, 0.3) is 0 Å². The van der Waals surface area contributed by atoms with E-state index in [1.807, 2.05) is 13.0 Å². The number of halogens is 1. The first kappa shape index (κ1) is 36.4. The van der Waals surface area contributed by atoms with Crippen LogP contribution in [0.1, 0.15) is 150 Å². The minimum Gasteiger partial charge on any atom is -0.487 e. The molecule has 5 heteroatoms. The number of aryl methyl sites for hydroxylation is 1. The second-order valence-corrected chi connectivity index (χ2v) is 14.9. The first-order valence-corrected chi connectivity index (χ1v) is 18.0. The molecule has 0 unspecified atom stereocenters. The molecule has 0 saturated carbocycles. The summed E-state index contributed by atoms with van der Waals surface area (Å²) in [5.74, 6) is 4.34. The number of rotatable bonds is 18. The van der Waals surface area contributed by atoms with Crippen LogP contribution in [0.4, 0.5) is 0 Å². The van der Waals surface area contributed by atoms with Crippen LogP contribution in [0.15, 0.2) is 18.3 Å². The minimum atomic E-state index is -0.417. The SMILES string of the molecule is Cc1c(C)c2c(c(C)c1OC(=O)c1ccc(CCCCCl)cn1)CC[C@@](C)(CCC[C@H](C)CCC[C@H](C)CCCC(C)C)O2. The zero-order valence-electron chi connectivity index (χ0n) is 29.1. The number of nitrogens with zero attached hydrogens (tertiary/aromatic N) is 1. The number of benzene rings is 1. The number of unbranched alkanes of at least 4 members (excludes halogenated alkanes) is 1. The van der Waals surface area contributed by atoms with Crippen LogP contribution in [0.3, 0.4) is 0 Å². The molecule has 3 rings (SSSR count). The normalized spacial score (nSPS) is 17.7. The van der Waals surface area contributed by atoms with E-state index in [4.69, 9.17) is 21.1 Å². The molecule has 1 aliphatic rings. The summed E-state index contributed by atoms with van der Waals surface area (Å²) in [6.45, 7) is 18.0. The van der Waals surface area contributed by atoms with E-state index in [0.717, 1.165) is 84.3 Å². The van der Waals surface area contributed by atoms with Crippen molar-refractivity contribution < 1.29 is 14.3 Å². The molecule has 44 heavy (non-hydrogen) atoms. The van der Waals surface area contributed by atoms with Crippen LogP contribution in [-0.2, 0) is 12.8 Å². The van der Waals surface area contributed by atoms with Gasteiger partial charge in [-0.3, -0.25) is 0 Å².